The van der Waals surface area contributed by atoms with Crippen LogP contribution in [0.5, 0.6) is 0 Å². The molecule has 35 heavy (non-hydrogen) atoms. The lowest BCUT2D eigenvalue weighted by Gasteiger charge is -2.30. The molecule has 1 amide bonds. The molecule has 0 saturated carbocycles. The highest BCUT2D eigenvalue weighted by Crippen LogP contribution is 2.33. The zero-order chi connectivity index (χ0) is 24.5. The van der Waals surface area contributed by atoms with Crippen molar-refractivity contribution in [2.24, 2.45) is 5.92 Å². The van der Waals surface area contributed by atoms with E-state index in [1.807, 2.05) is 34.4 Å². The molecular weight excluding hydrogens is 446 g/mol. The number of carboxylic acid groups (broad SMARTS) is 1. The number of benzene rings is 1. The number of aliphatic carboxylic acids is 1. The number of amides is 1. The molecule has 4 N–H and O–H groups in total. The Kier molecular flexibility index (Phi) is 5.77. The summed E-state index contributed by atoms with van der Waals surface area (Å²) >= 11 is 0. The van der Waals surface area contributed by atoms with E-state index in [0.717, 1.165) is 17.5 Å². The molecule has 1 aliphatic rings. The minimum atomic E-state index is -0.799. The van der Waals surface area contributed by atoms with Crippen LogP contribution in [0.25, 0.3) is 16.8 Å². The Morgan fingerprint density at radius 1 is 1.14 bits per heavy atom. The number of aromatic nitrogens is 4. The molecule has 1 aliphatic heterocycles. The molecule has 3 aromatic heterocycles. The second-order valence-electron chi connectivity index (χ2n) is 8.66. The highest BCUT2D eigenvalue weighted by molar-refractivity contribution is 6.04. The van der Waals surface area contributed by atoms with Crippen LogP contribution in [-0.2, 0) is 4.79 Å². The number of carbonyl (C=O) groups excluding carboxylic acids is 1. The Morgan fingerprint density at radius 2 is 1.94 bits per heavy atom. The van der Waals surface area contributed by atoms with Gasteiger partial charge >= 0.3 is 5.97 Å². The third kappa shape index (κ3) is 4.37. The first kappa shape index (κ1) is 22.3. The normalized spacial score (nSPS) is 15.8. The molecule has 4 aromatic rings. The van der Waals surface area contributed by atoms with E-state index in [1.54, 1.807) is 36.8 Å². The van der Waals surface area contributed by atoms with E-state index < -0.39 is 11.9 Å². The molecule has 10 heteroatoms. The number of anilines is 3. The predicted molar refractivity (Wildman–Crippen MR) is 132 cm³/mol. The van der Waals surface area contributed by atoms with Crippen molar-refractivity contribution in [1.82, 2.24) is 19.4 Å². The van der Waals surface area contributed by atoms with Crippen LogP contribution in [0.2, 0.25) is 0 Å². The lowest BCUT2D eigenvalue weighted by atomic mass is 9.99. The van der Waals surface area contributed by atoms with Gasteiger partial charge in [-0.05, 0) is 49.6 Å². The topological polar surface area (TPSA) is 139 Å². The maximum Gasteiger partial charge on any atom is 0.308 e. The van der Waals surface area contributed by atoms with Crippen molar-refractivity contribution in [3.05, 3.63) is 66.1 Å². The van der Waals surface area contributed by atoms with Crippen LogP contribution >= 0.6 is 0 Å². The number of nitrogens with two attached hydrogens (primary N) is 1. The third-order valence-electron chi connectivity index (χ3n) is 6.20. The quantitative estimate of drug-likeness (QED) is 0.403. The summed E-state index contributed by atoms with van der Waals surface area (Å²) < 4.78 is 1.85. The van der Waals surface area contributed by atoms with Gasteiger partial charge in [0, 0.05) is 42.8 Å². The minimum absolute atomic E-state index is 0.265. The monoisotopic (exact) mass is 471 g/mol. The second kappa shape index (κ2) is 9.05. The molecule has 0 spiro atoms. The molecule has 178 valence electrons. The van der Waals surface area contributed by atoms with E-state index in [0.29, 0.717) is 53.9 Å². The fourth-order valence-corrected chi connectivity index (χ4v) is 4.41. The lowest BCUT2D eigenvalue weighted by Crippen LogP contribution is -2.39. The molecule has 1 aromatic carbocycles. The molecule has 0 bridgehead atoms. The minimum Gasteiger partial charge on any atom is -0.481 e. The number of aryl methyl sites for hydroxylation is 1. The van der Waals surface area contributed by atoms with E-state index in [4.69, 9.17) is 10.7 Å². The third-order valence-corrected chi connectivity index (χ3v) is 6.20. The number of nitrogen functional groups attached to an aromatic ring is 1. The summed E-state index contributed by atoms with van der Waals surface area (Å²) in [6.45, 7) is 3.01. The fraction of sp³-hybridized carbons (Fsp3) is 0.240. The Hall–Kier alpha value is -4.47. The van der Waals surface area contributed by atoms with Crippen molar-refractivity contribution in [2.75, 3.05) is 29.0 Å². The van der Waals surface area contributed by atoms with E-state index in [2.05, 4.69) is 15.3 Å². The van der Waals surface area contributed by atoms with Crippen molar-refractivity contribution in [1.29, 1.82) is 0 Å². The maximum absolute atomic E-state index is 12.7. The SMILES string of the molecule is Cc1ccnc(NC(=O)c2ccc(-c3nc(N4CCCC(C(=O)O)C4)n4ccnc(N)c34)cc2)c1. The number of fused-ring (bicyclic) bond motifs is 1. The van der Waals surface area contributed by atoms with Crippen molar-refractivity contribution in [3.8, 4) is 11.3 Å². The van der Waals surface area contributed by atoms with Crippen LogP contribution in [0, 0.1) is 12.8 Å². The number of carbonyl (C=O) groups is 2. The van der Waals surface area contributed by atoms with Crippen LogP contribution in [0.4, 0.5) is 17.6 Å². The summed E-state index contributed by atoms with van der Waals surface area (Å²) in [5, 5.41) is 12.3. The van der Waals surface area contributed by atoms with Gasteiger partial charge in [0.15, 0.2) is 0 Å². The summed E-state index contributed by atoms with van der Waals surface area (Å²) in [5.74, 6) is -0.0722. The van der Waals surface area contributed by atoms with Gasteiger partial charge in [0.1, 0.15) is 22.8 Å². The molecule has 4 heterocycles. The van der Waals surface area contributed by atoms with Gasteiger partial charge in [-0.25, -0.2) is 15.0 Å². The summed E-state index contributed by atoms with van der Waals surface area (Å²) in [6.07, 6.45) is 6.44. The van der Waals surface area contributed by atoms with Crippen molar-refractivity contribution in [2.45, 2.75) is 19.8 Å². The summed E-state index contributed by atoms with van der Waals surface area (Å²) in [7, 11) is 0. The number of nitrogens with zero attached hydrogens (tertiary/aromatic N) is 5. The molecule has 1 unspecified atom stereocenters. The molecule has 1 saturated heterocycles. The van der Waals surface area contributed by atoms with Crippen molar-refractivity contribution < 1.29 is 14.7 Å². The Morgan fingerprint density at radius 3 is 2.69 bits per heavy atom. The number of pyridine rings is 1. The average molecular weight is 472 g/mol. The van der Waals surface area contributed by atoms with Gasteiger partial charge in [-0.1, -0.05) is 12.1 Å². The summed E-state index contributed by atoms with van der Waals surface area (Å²) in [5.41, 5.74) is 9.74. The van der Waals surface area contributed by atoms with Gasteiger partial charge in [-0.15, -0.1) is 0 Å². The van der Waals surface area contributed by atoms with E-state index in [1.165, 1.54) is 0 Å². The largest absolute Gasteiger partial charge is 0.481 e. The highest BCUT2D eigenvalue weighted by Gasteiger charge is 2.29. The molecular formula is C25H25N7O3. The number of piperidine rings is 1. The zero-order valence-corrected chi connectivity index (χ0v) is 19.2. The van der Waals surface area contributed by atoms with Gasteiger partial charge in [-0.2, -0.15) is 0 Å². The van der Waals surface area contributed by atoms with Crippen LogP contribution in [0.15, 0.2) is 55.0 Å². The predicted octanol–water partition coefficient (Wildman–Crippen LogP) is 3.24. The van der Waals surface area contributed by atoms with Gasteiger partial charge in [0.25, 0.3) is 5.91 Å². The number of rotatable bonds is 5. The van der Waals surface area contributed by atoms with Crippen molar-refractivity contribution in [3.63, 3.8) is 0 Å². The number of hydrogen-bond acceptors (Lipinski definition) is 7. The molecule has 1 fully saturated rings. The number of imidazole rings is 1. The van der Waals surface area contributed by atoms with Crippen molar-refractivity contribution >= 4 is 35.0 Å². The van der Waals surface area contributed by atoms with E-state index in [9.17, 15) is 14.7 Å². The van der Waals surface area contributed by atoms with E-state index in [-0.39, 0.29) is 5.91 Å². The number of nitrogens with one attached hydrogen (secondary N) is 1. The standard InChI is InChI=1S/C25H25N7O3/c1-15-8-9-27-19(13-15)29-23(33)17-6-4-16(5-7-17)20-21-22(26)28-10-12-32(21)25(30-20)31-11-2-3-18(14-31)24(34)35/h4-10,12-13,18H,2-3,11,14H2,1H3,(H2,26,28)(H,34,35)(H,27,29,33). The van der Waals surface area contributed by atoms with Crippen LogP contribution in [0.1, 0.15) is 28.8 Å². The Labute approximate surface area is 201 Å². The Balaban J connectivity index is 1.47. The van der Waals surface area contributed by atoms with Crippen LogP contribution in [-0.4, -0.2) is 49.4 Å². The second-order valence-corrected chi connectivity index (χ2v) is 8.66. The maximum atomic E-state index is 12.7. The first-order valence-corrected chi connectivity index (χ1v) is 11.4. The van der Waals surface area contributed by atoms with Gasteiger partial charge in [-0.3, -0.25) is 14.0 Å². The lowest BCUT2D eigenvalue weighted by molar-refractivity contribution is -0.141. The molecule has 0 aliphatic carbocycles. The fourth-order valence-electron chi connectivity index (χ4n) is 4.41. The van der Waals surface area contributed by atoms with Gasteiger partial charge in [0.05, 0.1) is 5.92 Å². The summed E-state index contributed by atoms with van der Waals surface area (Å²) in [4.78, 5) is 39.5. The summed E-state index contributed by atoms with van der Waals surface area (Å²) in [6, 6.07) is 10.7. The Bertz CT molecular complexity index is 1410. The van der Waals surface area contributed by atoms with Crippen LogP contribution in [0.3, 0.4) is 0 Å². The molecule has 0 radical (unpaired) electrons. The molecule has 10 nitrogen and oxygen atoms in total. The van der Waals surface area contributed by atoms with Crippen LogP contribution < -0.4 is 16.0 Å². The van der Waals surface area contributed by atoms with Gasteiger partial charge in [0.2, 0.25) is 5.95 Å². The average Bonchev–Trinajstić information content (AvgIpc) is 3.25. The number of carboxylic acids is 1. The smallest absolute Gasteiger partial charge is 0.308 e. The molecule has 5 rings (SSSR count). The highest BCUT2D eigenvalue weighted by atomic mass is 16.4. The van der Waals surface area contributed by atoms with Gasteiger partial charge < -0.3 is 21.1 Å². The first-order valence-electron chi connectivity index (χ1n) is 11.4. The molecule has 1 atom stereocenters. The number of hydrogen-bond donors (Lipinski definition) is 3. The van der Waals surface area contributed by atoms with E-state index >= 15 is 0 Å². The zero-order valence-electron chi connectivity index (χ0n) is 19.2. The first-order chi connectivity index (χ1) is 16.9.